The molecule has 3 heteroatoms. The Hall–Kier alpha value is -1.25. The third kappa shape index (κ3) is 2.91. The van der Waals surface area contributed by atoms with Crippen LogP contribution in [0.5, 0.6) is 0 Å². The van der Waals surface area contributed by atoms with Crippen LogP contribution in [0.3, 0.4) is 0 Å². The summed E-state index contributed by atoms with van der Waals surface area (Å²) in [4.78, 5) is 19.9. The van der Waals surface area contributed by atoms with Gasteiger partial charge in [-0.3, -0.25) is 4.79 Å². The Bertz CT molecular complexity index is 339. The summed E-state index contributed by atoms with van der Waals surface area (Å²) in [6.45, 7) is 7.62. The normalized spacial score (nSPS) is 11.4. The van der Waals surface area contributed by atoms with Crippen LogP contribution in [0.15, 0.2) is 12.3 Å². The molecule has 1 aromatic rings. The molecule has 0 N–H and O–H groups in total. The number of rotatable bonds is 2. The van der Waals surface area contributed by atoms with Gasteiger partial charge in [0.15, 0.2) is 0 Å². The number of nitrogens with zero attached hydrogens (tertiary/aromatic N) is 2. The van der Waals surface area contributed by atoms with Crippen LogP contribution in [0.2, 0.25) is 0 Å². The molecule has 0 aliphatic heterocycles. The monoisotopic (exact) mass is 192 g/mol. The number of ketones is 1. The van der Waals surface area contributed by atoms with Gasteiger partial charge in [0.1, 0.15) is 11.6 Å². The Morgan fingerprint density at radius 1 is 1.43 bits per heavy atom. The summed E-state index contributed by atoms with van der Waals surface area (Å²) < 4.78 is 0. The van der Waals surface area contributed by atoms with Crippen LogP contribution >= 0.6 is 0 Å². The Labute approximate surface area is 84.6 Å². The molecule has 0 saturated heterocycles. The van der Waals surface area contributed by atoms with Gasteiger partial charge in [-0.15, -0.1) is 0 Å². The molecule has 1 aromatic heterocycles. The maximum atomic E-state index is 11.7. The summed E-state index contributed by atoms with van der Waals surface area (Å²) >= 11 is 0. The van der Waals surface area contributed by atoms with Crippen molar-refractivity contribution in [1.82, 2.24) is 9.97 Å². The molecule has 1 heterocycles. The quantitative estimate of drug-likeness (QED) is 0.719. The van der Waals surface area contributed by atoms with E-state index in [0.29, 0.717) is 12.2 Å². The summed E-state index contributed by atoms with van der Waals surface area (Å²) in [5.41, 5.74) is 0.587. The van der Waals surface area contributed by atoms with E-state index in [0.717, 1.165) is 5.69 Å². The number of hydrogen-bond donors (Lipinski definition) is 0. The molecule has 0 amide bonds. The van der Waals surface area contributed by atoms with Crippen molar-refractivity contribution in [2.45, 2.75) is 34.1 Å². The van der Waals surface area contributed by atoms with Crippen LogP contribution in [-0.2, 0) is 11.2 Å². The molecule has 0 atom stereocenters. The molecular formula is C11H16N2O. The van der Waals surface area contributed by atoms with Gasteiger partial charge in [0, 0.05) is 17.3 Å². The van der Waals surface area contributed by atoms with E-state index >= 15 is 0 Å². The molecule has 76 valence electrons. The molecule has 0 fully saturated rings. The summed E-state index contributed by atoms with van der Waals surface area (Å²) in [5.74, 6) is 0.785. The largest absolute Gasteiger partial charge is 0.299 e. The zero-order valence-electron chi connectivity index (χ0n) is 9.16. The second kappa shape index (κ2) is 3.86. The van der Waals surface area contributed by atoms with Gasteiger partial charge in [-0.25, -0.2) is 9.97 Å². The van der Waals surface area contributed by atoms with Crippen LogP contribution in [-0.4, -0.2) is 15.8 Å². The van der Waals surface area contributed by atoms with Crippen molar-refractivity contribution in [2.24, 2.45) is 5.41 Å². The molecule has 0 aliphatic carbocycles. The molecule has 0 spiro atoms. The van der Waals surface area contributed by atoms with Crippen LogP contribution in [0, 0.1) is 12.3 Å². The van der Waals surface area contributed by atoms with Gasteiger partial charge in [-0.2, -0.15) is 0 Å². The number of Topliss-reactive ketones (excluding diaryl/α,β-unsaturated/α-hetero) is 1. The van der Waals surface area contributed by atoms with Gasteiger partial charge in [-0.05, 0) is 13.0 Å². The number of aromatic nitrogens is 2. The third-order valence-corrected chi connectivity index (χ3v) is 2.00. The first-order valence-electron chi connectivity index (χ1n) is 4.71. The van der Waals surface area contributed by atoms with Crippen LogP contribution in [0.1, 0.15) is 32.3 Å². The summed E-state index contributed by atoms with van der Waals surface area (Å²) in [6.07, 6.45) is 2.01. The second-order valence-electron chi connectivity index (χ2n) is 4.46. The zero-order valence-corrected chi connectivity index (χ0v) is 9.16. The van der Waals surface area contributed by atoms with Crippen molar-refractivity contribution in [3.8, 4) is 0 Å². The molecule has 0 bridgehead atoms. The molecule has 0 aromatic carbocycles. The molecule has 1 rings (SSSR count). The molecule has 0 unspecified atom stereocenters. The molecule has 0 saturated carbocycles. The molecule has 0 radical (unpaired) electrons. The minimum absolute atomic E-state index is 0.170. The van der Waals surface area contributed by atoms with E-state index in [1.54, 1.807) is 6.20 Å². The average Bonchev–Trinajstić information content (AvgIpc) is 2.02. The lowest BCUT2D eigenvalue weighted by Gasteiger charge is -2.15. The number of carbonyl (C=O) groups excluding carboxylic acids is 1. The lowest BCUT2D eigenvalue weighted by atomic mass is 9.89. The van der Waals surface area contributed by atoms with Gasteiger partial charge in [-0.1, -0.05) is 20.8 Å². The smallest absolute Gasteiger partial charge is 0.145 e. The van der Waals surface area contributed by atoms with Crippen molar-refractivity contribution in [3.63, 3.8) is 0 Å². The van der Waals surface area contributed by atoms with E-state index < -0.39 is 0 Å². The fraction of sp³-hybridized carbons (Fsp3) is 0.545. The fourth-order valence-corrected chi connectivity index (χ4v) is 0.995. The molecule has 3 nitrogen and oxygen atoms in total. The van der Waals surface area contributed by atoms with Gasteiger partial charge in [0.25, 0.3) is 0 Å². The molecule has 14 heavy (non-hydrogen) atoms. The van der Waals surface area contributed by atoms with Crippen molar-refractivity contribution in [1.29, 1.82) is 0 Å². The average molecular weight is 192 g/mol. The lowest BCUT2D eigenvalue weighted by Crippen LogP contribution is -2.23. The van der Waals surface area contributed by atoms with Crippen molar-refractivity contribution in [3.05, 3.63) is 23.8 Å². The van der Waals surface area contributed by atoms with Gasteiger partial charge in [0.05, 0.1) is 6.42 Å². The highest BCUT2D eigenvalue weighted by Gasteiger charge is 2.21. The second-order valence-corrected chi connectivity index (χ2v) is 4.46. The fourth-order valence-electron chi connectivity index (χ4n) is 0.995. The maximum Gasteiger partial charge on any atom is 0.145 e. The van der Waals surface area contributed by atoms with Gasteiger partial charge < -0.3 is 0 Å². The lowest BCUT2D eigenvalue weighted by molar-refractivity contribution is -0.125. The maximum absolute atomic E-state index is 11.7. The molecular weight excluding hydrogens is 176 g/mol. The van der Waals surface area contributed by atoms with Crippen molar-refractivity contribution in [2.75, 3.05) is 0 Å². The van der Waals surface area contributed by atoms with Crippen molar-refractivity contribution >= 4 is 5.78 Å². The van der Waals surface area contributed by atoms with E-state index in [4.69, 9.17) is 0 Å². The van der Waals surface area contributed by atoms with E-state index in [-0.39, 0.29) is 11.2 Å². The van der Waals surface area contributed by atoms with Crippen LogP contribution < -0.4 is 0 Å². The van der Waals surface area contributed by atoms with Crippen LogP contribution in [0.4, 0.5) is 0 Å². The summed E-state index contributed by atoms with van der Waals surface area (Å²) in [5, 5.41) is 0. The molecule has 0 aliphatic rings. The summed E-state index contributed by atoms with van der Waals surface area (Å²) in [6, 6.07) is 1.82. The van der Waals surface area contributed by atoms with E-state index in [1.807, 2.05) is 33.8 Å². The number of aryl methyl sites for hydroxylation is 1. The Morgan fingerprint density at radius 2 is 2.07 bits per heavy atom. The minimum atomic E-state index is -0.312. The van der Waals surface area contributed by atoms with E-state index in [2.05, 4.69) is 9.97 Å². The first-order valence-corrected chi connectivity index (χ1v) is 4.71. The predicted molar refractivity (Wildman–Crippen MR) is 54.9 cm³/mol. The van der Waals surface area contributed by atoms with E-state index in [9.17, 15) is 4.79 Å². The SMILES string of the molecule is Cc1ccnc(CC(=O)C(C)(C)C)n1. The standard InChI is InChI=1S/C11H16N2O/c1-8-5-6-12-10(13-8)7-9(14)11(2,3)4/h5-6H,7H2,1-4H3. The summed E-state index contributed by atoms with van der Waals surface area (Å²) in [7, 11) is 0. The number of carbonyl (C=O) groups is 1. The van der Waals surface area contributed by atoms with E-state index in [1.165, 1.54) is 0 Å². The number of hydrogen-bond acceptors (Lipinski definition) is 3. The highest BCUT2D eigenvalue weighted by molar-refractivity contribution is 5.85. The minimum Gasteiger partial charge on any atom is -0.299 e. The van der Waals surface area contributed by atoms with Gasteiger partial charge >= 0.3 is 0 Å². The van der Waals surface area contributed by atoms with Crippen molar-refractivity contribution < 1.29 is 4.79 Å². The highest BCUT2D eigenvalue weighted by Crippen LogP contribution is 2.16. The predicted octanol–water partition coefficient (Wildman–Crippen LogP) is 1.94. The Morgan fingerprint density at radius 3 is 2.57 bits per heavy atom. The Balaban J connectivity index is 2.75. The Kier molecular flexibility index (Phi) is 2.99. The third-order valence-electron chi connectivity index (χ3n) is 2.00. The first-order chi connectivity index (χ1) is 6.39. The highest BCUT2D eigenvalue weighted by atomic mass is 16.1. The van der Waals surface area contributed by atoms with Gasteiger partial charge in [0.2, 0.25) is 0 Å². The zero-order chi connectivity index (χ0) is 10.8. The topological polar surface area (TPSA) is 42.9 Å². The first kappa shape index (κ1) is 10.8. The van der Waals surface area contributed by atoms with Crippen LogP contribution in [0.25, 0.3) is 0 Å².